The second-order valence-corrected chi connectivity index (χ2v) is 8.41. The quantitative estimate of drug-likeness (QED) is 0.620. The number of carbonyl (C=O) groups excluding carboxylic acids is 1. The minimum absolute atomic E-state index is 0.251. The summed E-state index contributed by atoms with van der Waals surface area (Å²) >= 11 is 0. The zero-order chi connectivity index (χ0) is 22.6. The number of nitrogens with zero attached hydrogens (tertiary/aromatic N) is 2. The molecule has 0 unspecified atom stereocenters. The van der Waals surface area contributed by atoms with Gasteiger partial charge in [0.1, 0.15) is 12.4 Å². The molecule has 2 aromatic carbocycles. The predicted molar refractivity (Wildman–Crippen MR) is 120 cm³/mol. The first-order valence-electron chi connectivity index (χ1n) is 10.8. The standard InChI is InChI=1S/C25H26FN3O3/c26-21-10-8-20(9-11-21)25(13-4-5-14-25)18-27-22(30)17-29-23(31)12-15-28(24(29)32)16-19-6-2-1-3-7-19/h1-3,6-12,15H,4-5,13-14,16-18H2,(H,27,30). The summed E-state index contributed by atoms with van der Waals surface area (Å²) in [5, 5.41) is 2.91. The van der Waals surface area contributed by atoms with Gasteiger partial charge in [0.05, 0.1) is 6.54 Å². The van der Waals surface area contributed by atoms with Crippen LogP contribution in [-0.2, 0) is 23.3 Å². The molecule has 0 atom stereocenters. The highest BCUT2D eigenvalue weighted by atomic mass is 19.1. The van der Waals surface area contributed by atoms with Crippen LogP contribution in [0.15, 0.2) is 76.4 Å². The van der Waals surface area contributed by atoms with E-state index in [2.05, 4.69) is 5.32 Å². The van der Waals surface area contributed by atoms with E-state index in [0.29, 0.717) is 13.1 Å². The second-order valence-electron chi connectivity index (χ2n) is 8.41. The largest absolute Gasteiger partial charge is 0.354 e. The zero-order valence-electron chi connectivity index (χ0n) is 17.8. The third kappa shape index (κ3) is 4.72. The maximum absolute atomic E-state index is 13.4. The summed E-state index contributed by atoms with van der Waals surface area (Å²) in [6.45, 7) is 0.360. The number of rotatable bonds is 7. The minimum atomic E-state index is -0.523. The molecule has 1 amide bonds. The van der Waals surface area contributed by atoms with Gasteiger partial charge in [-0.15, -0.1) is 0 Å². The van der Waals surface area contributed by atoms with E-state index in [0.717, 1.165) is 41.4 Å². The second kappa shape index (κ2) is 9.34. The number of hydrogen-bond acceptors (Lipinski definition) is 3. The topological polar surface area (TPSA) is 73.1 Å². The molecule has 1 aliphatic carbocycles. The SMILES string of the molecule is O=C(Cn1c(=O)ccn(Cc2ccccc2)c1=O)NCC1(c2ccc(F)cc2)CCCC1. The van der Waals surface area contributed by atoms with Crippen LogP contribution in [0.5, 0.6) is 0 Å². The summed E-state index contributed by atoms with van der Waals surface area (Å²) in [5.74, 6) is -0.684. The van der Waals surface area contributed by atoms with Crippen LogP contribution in [0.4, 0.5) is 4.39 Å². The molecule has 1 aliphatic rings. The summed E-state index contributed by atoms with van der Waals surface area (Å²) in [7, 11) is 0. The fraction of sp³-hybridized carbons (Fsp3) is 0.320. The van der Waals surface area contributed by atoms with E-state index in [1.54, 1.807) is 12.1 Å². The van der Waals surface area contributed by atoms with E-state index in [-0.39, 0.29) is 17.8 Å². The predicted octanol–water partition coefficient (Wildman–Crippen LogP) is 2.83. The van der Waals surface area contributed by atoms with Crippen LogP contribution in [-0.4, -0.2) is 21.6 Å². The van der Waals surface area contributed by atoms with Crippen molar-refractivity contribution in [2.45, 2.75) is 44.2 Å². The number of halogens is 1. The number of carbonyl (C=O) groups is 1. The zero-order valence-corrected chi connectivity index (χ0v) is 17.8. The Balaban J connectivity index is 1.48. The third-order valence-corrected chi connectivity index (χ3v) is 6.28. The first-order valence-corrected chi connectivity index (χ1v) is 10.8. The summed E-state index contributed by atoms with van der Waals surface area (Å²) in [6.07, 6.45) is 5.32. The Morgan fingerprint density at radius 3 is 2.34 bits per heavy atom. The number of benzene rings is 2. The van der Waals surface area contributed by atoms with Crippen LogP contribution in [0.25, 0.3) is 0 Å². The van der Waals surface area contributed by atoms with Gasteiger partial charge in [0.15, 0.2) is 0 Å². The highest BCUT2D eigenvalue weighted by Crippen LogP contribution is 2.40. The Hall–Kier alpha value is -3.48. The van der Waals surface area contributed by atoms with E-state index in [9.17, 15) is 18.8 Å². The molecule has 1 aromatic heterocycles. The highest BCUT2D eigenvalue weighted by Gasteiger charge is 2.35. The third-order valence-electron chi connectivity index (χ3n) is 6.28. The summed E-state index contributed by atoms with van der Waals surface area (Å²) in [4.78, 5) is 37.8. The molecule has 0 saturated heterocycles. The van der Waals surface area contributed by atoms with Gasteiger partial charge in [-0.25, -0.2) is 9.18 Å². The Bertz CT molecular complexity index is 1190. The van der Waals surface area contributed by atoms with Gasteiger partial charge in [0, 0.05) is 24.2 Å². The van der Waals surface area contributed by atoms with Crippen LogP contribution in [0, 0.1) is 5.82 Å². The molecule has 166 valence electrons. The minimum Gasteiger partial charge on any atom is -0.354 e. The van der Waals surface area contributed by atoms with Crippen molar-refractivity contribution in [3.8, 4) is 0 Å². The monoisotopic (exact) mass is 435 g/mol. The van der Waals surface area contributed by atoms with Gasteiger partial charge in [-0.2, -0.15) is 0 Å². The van der Waals surface area contributed by atoms with Crippen molar-refractivity contribution < 1.29 is 9.18 Å². The van der Waals surface area contributed by atoms with Crippen LogP contribution in [0.1, 0.15) is 36.8 Å². The Morgan fingerprint density at radius 2 is 1.66 bits per heavy atom. The lowest BCUT2D eigenvalue weighted by molar-refractivity contribution is -0.122. The summed E-state index contributed by atoms with van der Waals surface area (Å²) < 4.78 is 15.7. The van der Waals surface area contributed by atoms with Gasteiger partial charge in [-0.1, -0.05) is 55.3 Å². The van der Waals surface area contributed by atoms with Crippen molar-refractivity contribution in [1.82, 2.24) is 14.5 Å². The van der Waals surface area contributed by atoms with Crippen molar-refractivity contribution in [2.24, 2.45) is 0 Å². The molecule has 4 rings (SSSR count). The maximum Gasteiger partial charge on any atom is 0.331 e. The van der Waals surface area contributed by atoms with Crippen molar-refractivity contribution in [2.75, 3.05) is 6.54 Å². The van der Waals surface area contributed by atoms with Gasteiger partial charge >= 0.3 is 5.69 Å². The molecule has 1 fully saturated rings. The van der Waals surface area contributed by atoms with Gasteiger partial charge in [0.2, 0.25) is 5.91 Å². The van der Waals surface area contributed by atoms with E-state index in [4.69, 9.17) is 0 Å². The highest BCUT2D eigenvalue weighted by molar-refractivity contribution is 5.75. The lowest BCUT2D eigenvalue weighted by Crippen LogP contribution is -2.45. The molecule has 1 heterocycles. The molecular weight excluding hydrogens is 409 g/mol. The molecule has 0 spiro atoms. The molecule has 3 aromatic rings. The fourth-order valence-corrected chi connectivity index (χ4v) is 4.49. The van der Waals surface area contributed by atoms with Crippen LogP contribution in [0.3, 0.4) is 0 Å². The molecule has 32 heavy (non-hydrogen) atoms. The molecule has 0 radical (unpaired) electrons. The lowest BCUT2D eigenvalue weighted by Gasteiger charge is -2.30. The van der Waals surface area contributed by atoms with Crippen molar-refractivity contribution in [3.05, 3.63) is 105 Å². The maximum atomic E-state index is 13.4. The fourth-order valence-electron chi connectivity index (χ4n) is 4.49. The lowest BCUT2D eigenvalue weighted by atomic mass is 9.79. The molecule has 0 bridgehead atoms. The number of aromatic nitrogens is 2. The molecule has 1 saturated carbocycles. The number of amides is 1. The van der Waals surface area contributed by atoms with Crippen LogP contribution < -0.4 is 16.6 Å². The first kappa shape index (κ1) is 21.7. The van der Waals surface area contributed by atoms with E-state index in [1.165, 1.54) is 29.0 Å². The van der Waals surface area contributed by atoms with Crippen LogP contribution >= 0.6 is 0 Å². The van der Waals surface area contributed by atoms with E-state index < -0.39 is 17.2 Å². The molecular formula is C25H26FN3O3. The van der Waals surface area contributed by atoms with Crippen LogP contribution in [0.2, 0.25) is 0 Å². The average molecular weight is 435 g/mol. The van der Waals surface area contributed by atoms with Gasteiger partial charge < -0.3 is 5.32 Å². The first-order chi connectivity index (χ1) is 15.5. The number of nitrogens with one attached hydrogen (secondary N) is 1. The van der Waals surface area contributed by atoms with Gasteiger partial charge in [-0.3, -0.25) is 18.7 Å². The smallest absolute Gasteiger partial charge is 0.331 e. The average Bonchev–Trinajstić information content (AvgIpc) is 3.28. The molecule has 7 heteroatoms. The summed E-state index contributed by atoms with van der Waals surface area (Å²) in [5.41, 5.74) is 0.637. The van der Waals surface area contributed by atoms with Crippen molar-refractivity contribution >= 4 is 5.91 Å². The van der Waals surface area contributed by atoms with E-state index >= 15 is 0 Å². The molecule has 1 N–H and O–H groups in total. The Labute approximate surface area is 185 Å². The Kier molecular flexibility index (Phi) is 6.35. The van der Waals surface area contributed by atoms with Gasteiger partial charge in [0.25, 0.3) is 5.56 Å². The van der Waals surface area contributed by atoms with Crippen molar-refractivity contribution in [1.29, 1.82) is 0 Å². The van der Waals surface area contributed by atoms with Gasteiger partial charge in [-0.05, 0) is 36.1 Å². The van der Waals surface area contributed by atoms with Crippen molar-refractivity contribution in [3.63, 3.8) is 0 Å². The normalized spacial score (nSPS) is 14.9. The van der Waals surface area contributed by atoms with E-state index in [1.807, 2.05) is 30.3 Å². The number of hydrogen-bond donors (Lipinski definition) is 1. The summed E-state index contributed by atoms with van der Waals surface area (Å²) in [6, 6.07) is 17.2. The molecule has 0 aliphatic heterocycles. The molecule has 6 nitrogen and oxygen atoms in total. The Morgan fingerprint density at radius 1 is 0.969 bits per heavy atom.